The molecule has 0 spiro atoms. The average molecular weight is 232 g/mol. The second-order valence-corrected chi connectivity index (χ2v) is 5.78. The van der Waals surface area contributed by atoms with E-state index < -0.39 is 39.5 Å². The van der Waals surface area contributed by atoms with E-state index >= 15 is 0 Å². The highest BCUT2D eigenvalue weighted by Crippen LogP contribution is 2.58. The number of aliphatic hydroxyl groups excluding tert-OH is 1. The summed E-state index contributed by atoms with van der Waals surface area (Å²) in [5.74, 6) is -1.48. The van der Waals surface area contributed by atoms with Crippen molar-refractivity contribution in [2.24, 2.45) is 5.41 Å². The highest BCUT2D eigenvalue weighted by atomic mass is 32.2. The third-order valence-electron chi connectivity index (χ3n) is 2.35. The minimum atomic E-state index is -4.45. The van der Waals surface area contributed by atoms with Gasteiger partial charge in [-0.2, -0.15) is 13.2 Å². The van der Waals surface area contributed by atoms with Crippen molar-refractivity contribution >= 4 is 9.84 Å². The van der Waals surface area contributed by atoms with E-state index in [0.717, 1.165) is 0 Å². The van der Waals surface area contributed by atoms with Crippen LogP contribution in [0.3, 0.4) is 0 Å². The molecule has 3 nitrogen and oxygen atoms in total. The zero-order valence-electron chi connectivity index (χ0n) is 7.34. The van der Waals surface area contributed by atoms with Crippen LogP contribution in [0.5, 0.6) is 0 Å². The molecule has 1 fully saturated rings. The normalized spacial score (nSPS) is 20.9. The summed E-state index contributed by atoms with van der Waals surface area (Å²) in [6, 6.07) is 0. The lowest BCUT2D eigenvalue weighted by molar-refractivity contribution is -0.180. The Balaban J connectivity index is 2.70. The molecule has 0 unspecified atom stereocenters. The highest BCUT2D eigenvalue weighted by molar-refractivity contribution is 7.91. The molecule has 14 heavy (non-hydrogen) atoms. The predicted molar refractivity (Wildman–Crippen MR) is 43.5 cm³/mol. The standard InChI is InChI=1S/C7H11F3O3S/c8-7(9,10)6(1-2-6)5-14(12,13)4-3-11/h11H,1-5H2. The Morgan fingerprint density at radius 2 is 1.79 bits per heavy atom. The van der Waals surface area contributed by atoms with Crippen LogP contribution in [-0.4, -0.2) is 37.8 Å². The lowest BCUT2D eigenvalue weighted by Gasteiger charge is -2.18. The zero-order chi connectivity index (χ0) is 11.0. The number of hydrogen-bond donors (Lipinski definition) is 1. The summed E-state index contributed by atoms with van der Waals surface area (Å²) in [7, 11) is -3.78. The van der Waals surface area contributed by atoms with Gasteiger partial charge < -0.3 is 5.11 Å². The Bertz CT molecular complexity index is 303. The first-order valence-corrected chi connectivity index (χ1v) is 5.93. The van der Waals surface area contributed by atoms with E-state index in [1.54, 1.807) is 0 Å². The largest absolute Gasteiger partial charge is 0.395 e. The van der Waals surface area contributed by atoms with Crippen molar-refractivity contribution in [3.05, 3.63) is 0 Å². The molecule has 1 saturated carbocycles. The fourth-order valence-corrected chi connectivity index (χ4v) is 3.01. The predicted octanol–water partition coefficient (Wildman–Crippen LogP) is 0.736. The van der Waals surface area contributed by atoms with Gasteiger partial charge in [0.25, 0.3) is 0 Å². The summed E-state index contributed by atoms with van der Waals surface area (Å²) in [5.41, 5.74) is -2.03. The lowest BCUT2D eigenvalue weighted by Crippen LogP contribution is -2.33. The topological polar surface area (TPSA) is 54.4 Å². The van der Waals surface area contributed by atoms with Gasteiger partial charge in [0, 0.05) is 0 Å². The van der Waals surface area contributed by atoms with Gasteiger partial charge in [0.1, 0.15) is 0 Å². The van der Waals surface area contributed by atoms with Crippen LogP contribution in [0.2, 0.25) is 0 Å². The van der Waals surface area contributed by atoms with E-state index in [9.17, 15) is 21.6 Å². The lowest BCUT2D eigenvalue weighted by atomic mass is 10.1. The number of halogens is 3. The minimum Gasteiger partial charge on any atom is -0.395 e. The maximum atomic E-state index is 12.3. The quantitative estimate of drug-likeness (QED) is 0.777. The smallest absolute Gasteiger partial charge is 0.395 e. The molecule has 1 rings (SSSR count). The van der Waals surface area contributed by atoms with E-state index in [4.69, 9.17) is 5.11 Å². The molecule has 1 aliphatic rings. The summed E-state index contributed by atoms with van der Waals surface area (Å²) < 4.78 is 59.2. The number of rotatable bonds is 4. The first kappa shape index (κ1) is 11.8. The molecular formula is C7H11F3O3S. The summed E-state index contributed by atoms with van der Waals surface area (Å²) in [6.45, 7) is -0.629. The van der Waals surface area contributed by atoms with Crippen LogP contribution in [0.15, 0.2) is 0 Å². The Kier molecular flexibility index (Phi) is 2.84. The van der Waals surface area contributed by atoms with Crippen LogP contribution in [-0.2, 0) is 9.84 Å². The summed E-state index contributed by atoms with van der Waals surface area (Å²) >= 11 is 0. The van der Waals surface area contributed by atoms with E-state index in [2.05, 4.69) is 0 Å². The SMILES string of the molecule is O=S(=O)(CCO)CC1(C(F)(F)F)CC1. The van der Waals surface area contributed by atoms with Crippen molar-refractivity contribution < 1.29 is 26.7 Å². The molecule has 0 heterocycles. The molecule has 84 valence electrons. The molecule has 0 amide bonds. The highest BCUT2D eigenvalue weighted by Gasteiger charge is 2.64. The van der Waals surface area contributed by atoms with Crippen molar-refractivity contribution in [3.8, 4) is 0 Å². The first-order valence-electron chi connectivity index (χ1n) is 4.10. The molecule has 7 heteroatoms. The van der Waals surface area contributed by atoms with Crippen molar-refractivity contribution in [2.75, 3.05) is 18.1 Å². The van der Waals surface area contributed by atoms with E-state index in [0.29, 0.717) is 0 Å². The van der Waals surface area contributed by atoms with E-state index in [1.807, 2.05) is 0 Å². The minimum absolute atomic E-state index is 0.124. The van der Waals surface area contributed by atoms with Crippen LogP contribution < -0.4 is 0 Å². The van der Waals surface area contributed by atoms with Crippen LogP contribution in [0, 0.1) is 5.41 Å². The van der Waals surface area contributed by atoms with Gasteiger partial charge in [-0.05, 0) is 12.8 Å². The van der Waals surface area contributed by atoms with E-state index in [-0.39, 0.29) is 12.8 Å². The molecule has 0 aromatic carbocycles. The molecule has 1 N–H and O–H groups in total. The number of hydrogen-bond acceptors (Lipinski definition) is 3. The van der Waals surface area contributed by atoms with Gasteiger partial charge >= 0.3 is 6.18 Å². The number of alkyl halides is 3. The molecule has 0 saturated heterocycles. The second-order valence-electron chi connectivity index (χ2n) is 3.59. The summed E-state index contributed by atoms with van der Waals surface area (Å²) in [6.07, 6.45) is -4.70. The van der Waals surface area contributed by atoms with Gasteiger partial charge in [-0.1, -0.05) is 0 Å². The Hall–Kier alpha value is -0.300. The van der Waals surface area contributed by atoms with Gasteiger partial charge in [0.15, 0.2) is 9.84 Å². The first-order chi connectivity index (χ1) is 6.22. The van der Waals surface area contributed by atoms with Crippen molar-refractivity contribution in [3.63, 3.8) is 0 Å². The van der Waals surface area contributed by atoms with Crippen molar-refractivity contribution in [1.82, 2.24) is 0 Å². The molecule has 0 radical (unpaired) electrons. The fraction of sp³-hybridized carbons (Fsp3) is 1.00. The second kappa shape index (κ2) is 3.37. The van der Waals surface area contributed by atoms with Crippen LogP contribution in [0.25, 0.3) is 0 Å². The van der Waals surface area contributed by atoms with Crippen LogP contribution in [0.4, 0.5) is 13.2 Å². The van der Waals surface area contributed by atoms with Gasteiger partial charge in [-0.3, -0.25) is 0 Å². The molecule has 0 aliphatic heterocycles. The Morgan fingerprint density at radius 1 is 1.29 bits per heavy atom. The molecular weight excluding hydrogens is 221 g/mol. The maximum absolute atomic E-state index is 12.3. The van der Waals surface area contributed by atoms with Gasteiger partial charge in [0.2, 0.25) is 0 Å². The van der Waals surface area contributed by atoms with Gasteiger partial charge in [-0.15, -0.1) is 0 Å². The van der Waals surface area contributed by atoms with Crippen molar-refractivity contribution in [1.29, 1.82) is 0 Å². The Labute approximate surface area is 79.8 Å². The third-order valence-corrected chi connectivity index (χ3v) is 4.15. The zero-order valence-corrected chi connectivity index (χ0v) is 8.16. The van der Waals surface area contributed by atoms with Gasteiger partial charge in [-0.25, -0.2) is 8.42 Å². The monoisotopic (exact) mass is 232 g/mol. The van der Waals surface area contributed by atoms with Gasteiger partial charge in [0.05, 0.1) is 23.5 Å². The maximum Gasteiger partial charge on any atom is 0.395 e. The number of aliphatic hydroxyl groups is 1. The number of sulfone groups is 1. The average Bonchev–Trinajstić information content (AvgIpc) is 2.65. The Morgan fingerprint density at radius 3 is 2.07 bits per heavy atom. The molecule has 0 aromatic rings. The van der Waals surface area contributed by atoms with Crippen molar-refractivity contribution in [2.45, 2.75) is 19.0 Å². The molecule has 0 bridgehead atoms. The molecule has 0 atom stereocenters. The summed E-state index contributed by atoms with van der Waals surface area (Å²) in [5, 5.41) is 8.36. The van der Waals surface area contributed by atoms with Crippen LogP contribution in [0.1, 0.15) is 12.8 Å². The fourth-order valence-electron chi connectivity index (χ4n) is 1.29. The molecule has 0 aromatic heterocycles. The van der Waals surface area contributed by atoms with E-state index in [1.165, 1.54) is 0 Å². The molecule has 1 aliphatic carbocycles. The third kappa shape index (κ3) is 2.38. The van der Waals surface area contributed by atoms with Crippen LogP contribution >= 0.6 is 0 Å². The summed E-state index contributed by atoms with van der Waals surface area (Å²) in [4.78, 5) is 0.